The van der Waals surface area contributed by atoms with E-state index in [1.54, 1.807) is 19.2 Å². The van der Waals surface area contributed by atoms with Crippen molar-refractivity contribution in [3.8, 4) is 0 Å². The third-order valence-corrected chi connectivity index (χ3v) is 4.97. The van der Waals surface area contributed by atoms with Gasteiger partial charge in [-0.25, -0.2) is 0 Å². The van der Waals surface area contributed by atoms with E-state index < -0.39 is 17.4 Å². The van der Waals surface area contributed by atoms with Gasteiger partial charge in [0.05, 0.1) is 5.60 Å². The van der Waals surface area contributed by atoms with Crippen molar-refractivity contribution in [1.29, 1.82) is 0 Å². The van der Waals surface area contributed by atoms with E-state index in [2.05, 4.69) is 29.7 Å². The number of hydrogen-bond acceptors (Lipinski definition) is 3. The molecule has 2 aromatic carbocycles. The predicted molar refractivity (Wildman–Crippen MR) is 101 cm³/mol. The normalized spacial score (nSPS) is 14.5. The molecule has 1 aliphatic rings. The molecule has 0 atom stereocenters. The van der Waals surface area contributed by atoms with E-state index in [1.807, 2.05) is 24.3 Å². The first kappa shape index (κ1) is 18.1. The zero-order chi connectivity index (χ0) is 18.6. The van der Waals surface area contributed by atoms with Gasteiger partial charge in [-0.15, -0.1) is 0 Å². The average molecular weight is 352 g/mol. The van der Waals surface area contributed by atoms with Crippen LogP contribution < -0.4 is 10.6 Å². The van der Waals surface area contributed by atoms with Gasteiger partial charge in [-0.3, -0.25) is 9.59 Å². The van der Waals surface area contributed by atoms with Crippen LogP contribution in [0.4, 0.5) is 5.69 Å². The van der Waals surface area contributed by atoms with Gasteiger partial charge in [-0.05, 0) is 35.2 Å². The topological polar surface area (TPSA) is 67.4 Å². The van der Waals surface area contributed by atoms with Crippen LogP contribution in [0.2, 0.25) is 0 Å². The minimum absolute atomic E-state index is 0.291. The van der Waals surface area contributed by atoms with E-state index in [4.69, 9.17) is 4.74 Å². The fraction of sp³-hybridized carbons (Fsp3) is 0.333. The number of amides is 2. The number of fused-ring (bicyclic) bond motifs is 1. The Labute approximate surface area is 153 Å². The first-order valence-electron chi connectivity index (χ1n) is 8.85. The molecule has 0 unspecified atom stereocenters. The summed E-state index contributed by atoms with van der Waals surface area (Å²) in [5, 5.41) is 5.34. The minimum atomic E-state index is -0.670. The van der Waals surface area contributed by atoms with E-state index in [1.165, 1.54) is 16.7 Å². The highest BCUT2D eigenvalue weighted by Crippen LogP contribution is 2.32. The molecule has 0 bridgehead atoms. The highest BCUT2D eigenvalue weighted by Gasteiger charge is 2.37. The highest BCUT2D eigenvalue weighted by molar-refractivity contribution is 6.39. The van der Waals surface area contributed by atoms with Crippen LogP contribution in [0.25, 0.3) is 0 Å². The third-order valence-electron chi connectivity index (χ3n) is 4.97. The molecule has 0 fully saturated rings. The monoisotopic (exact) mass is 352 g/mol. The summed E-state index contributed by atoms with van der Waals surface area (Å²) in [5.41, 5.74) is 3.74. The second kappa shape index (κ2) is 7.70. The number of carbonyl (C=O) groups excluding carboxylic acids is 2. The SMILES string of the molecule is CCc1ccc(NC(=O)C(=O)NCC2(OC)Cc3ccccc3C2)cc1. The number of ether oxygens (including phenoxy) is 1. The molecule has 0 aromatic heterocycles. The lowest BCUT2D eigenvalue weighted by Crippen LogP contribution is -2.48. The summed E-state index contributed by atoms with van der Waals surface area (Å²) in [7, 11) is 1.65. The van der Waals surface area contributed by atoms with Crippen LogP contribution in [0.15, 0.2) is 48.5 Å². The molecule has 136 valence electrons. The van der Waals surface area contributed by atoms with Crippen molar-refractivity contribution >= 4 is 17.5 Å². The van der Waals surface area contributed by atoms with Crippen LogP contribution in [-0.4, -0.2) is 31.1 Å². The van der Waals surface area contributed by atoms with Crippen molar-refractivity contribution in [2.24, 2.45) is 0 Å². The standard InChI is InChI=1S/C21H24N2O3/c1-3-15-8-10-18(11-9-15)23-20(25)19(24)22-14-21(26-2)12-16-6-4-5-7-17(16)13-21/h4-11H,3,12-14H2,1-2H3,(H,22,24)(H,23,25). The molecule has 3 rings (SSSR count). The average Bonchev–Trinajstić information content (AvgIpc) is 3.06. The van der Waals surface area contributed by atoms with E-state index >= 15 is 0 Å². The summed E-state index contributed by atoms with van der Waals surface area (Å²) in [5.74, 6) is -1.33. The molecule has 0 radical (unpaired) electrons. The van der Waals surface area contributed by atoms with E-state index in [9.17, 15) is 9.59 Å². The van der Waals surface area contributed by atoms with Crippen LogP contribution in [-0.2, 0) is 33.6 Å². The lowest BCUT2D eigenvalue weighted by atomic mass is 10.00. The van der Waals surface area contributed by atoms with E-state index in [0.29, 0.717) is 12.2 Å². The van der Waals surface area contributed by atoms with Gasteiger partial charge in [-0.1, -0.05) is 43.3 Å². The Hall–Kier alpha value is -2.66. The molecule has 26 heavy (non-hydrogen) atoms. The van der Waals surface area contributed by atoms with Crippen molar-refractivity contribution in [3.63, 3.8) is 0 Å². The Kier molecular flexibility index (Phi) is 5.38. The first-order chi connectivity index (χ1) is 12.5. The summed E-state index contributed by atoms with van der Waals surface area (Å²) in [6, 6.07) is 15.6. The molecular formula is C21H24N2O3. The minimum Gasteiger partial charge on any atom is -0.376 e. The first-order valence-corrected chi connectivity index (χ1v) is 8.85. The second-order valence-electron chi connectivity index (χ2n) is 6.70. The molecule has 0 aliphatic heterocycles. The molecule has 0 heterocycles. The molecule has 0 saturated carbocycles. The Morgan fingerprint density at radius 1 is 1.00 bits per heavy atom. The Morgan fingerprint density at radius 3 is 2.15 bits per heavy atom. The van der Waals surface area contributed by atoms with E-state index in [-0.39, 0.29) is 0 Å². The van der Waals surface area contributed by atoms with Crippen LogP contribution in [0.3, 0.4) is 0 Å². The Balaban J connectivity index is 1.56. The largest absolute Gasteiger partial charge is 0.376 e. The van der Waals surface area contributed by atoms with E-state index in [0.717, 1.165) is 19.3 Å². The summed E-state index contributed by atoms with van der Waals surface area (Å²) in [4.78, 5) is 24.3. The van der Waals surface area contributed by atoms with Gasteiger partial charge >= 0.3 is 11.8 Å². The second-order valence-corrected chi connectivity index (χ2v) is 6.70. The van der Waals surface area contributed by atoms with Crippen molar-refractivity contribution in [2.45, 2.75) is 31.8 Å². The van der Waals surface area contributed by atoms with Crippen molar-refractivity contribution in [2.75, 3.05) is 19.0 Å². The molecule has 2 N–H and O–H groups in total. The van der Waals surface area contributed by atoms with Crippen LogP contribution in [0, 0.1) is 0 Å². The third kappa shape index (κ3) is 3.94. The lowest BCUT2D eigenvalue weighted by molar-refractivity contribution is -0.137. The molecule has 5 heteroatoms. The van der Waals surface area contributed by atoms with Crippen LogP contribution in [0.1, 0.15) is 23.6 Å². The Morgan fingerprint density at radius 2 is 1.62 bits per heavy atom. The maximum atomic E-state index is 12.2. The smallest absolute Gasteiger partial charge is 0.313 e. The molecule has 2 amide bonds. The quantitative estimate of drug-likeness (QED) is 0.813. The molecule has 0 saturated heterocycles. The zero-order valence-electron chi connectivity index (χ0n) is 15.2. The fourth-order valence-corrected chi connectivity index (χ4v) is 3.33. The lowest BCUT2D eigenvalue weighted by Gasteiger charge is -2.27. The van der Waals surface area contributed by atoms with Gasteiger partial charge in [-0.2, -0.15) is 0 Å². The zero-order valence-corrected chi connectivity index (χ0v) is 15.2. The van der Waals surface area contributed by atoms with Crippen LogP contribution in [0.5, 0.6) is 0 Å². The number of aryl methyl sites for hydroxylation is 1. The predicted octanol–water partition coefficient (Wildman–Crippen LogP) is 2.49. The number of benzene rings is 2. The highest BCUT2D eigenvalue weighted by atomic mass is 16.5. The number of hydrogen-bond donors (Lipinski definition) is 2. The Bertz CT molecular complexity index is 774. The summed E-state index contributed by atoms with van der Waals surface area (Å²) < 4.78 is 5.71. The summed E-state index contributed by atoms with van der Waals surface area (Å²) in [6.45, 7) is 2.35. The molecule has 0 spiro atoms. The van der Waals surface area contributed by atoms with Crippen molar-refractivity contribution in [3.05, 3.63) is 65.2 Å². The number of rotatable bonds is 5. The molecule has 5 nitrogen and oxygen atoms in total. The molecular weight excluding hydrogens is 328 g/mol. The van der Waals surface area contributed by atoms with Crippen LogP contribution >= 0.6 is 0 Å². The molecule has 1 aliphatic carbocycles. The number of methoxy groups -OCH3 is 1. The van der Waals surface area contributed by atoms with Gasteiger partial charge in [0.25, 0.3) is 0 Å². The number of nitrogens with one attached hydrogen (secondary N) is 2. The van der Waals surface area contributed by atoms with Gasteiger partial charge in [0, 0.05) is 32.2 Å². The number of anilines is 1. The fourth-order valence-electron chi connectivity index (χ4n) is 3.33. The summed E-state index contributed by atoms with van der Waals surface area (Å²) >= 11 is 0. The van der Waals surface area contributed by atoms with Crippen molar-refractivity contribution < 1.29 is 14.3 Å². The van der Waals surface area contributed by atoms with Gasteiger partial charge in [0.2, 0.25) is 0 Å². The van der Waals surface area contributed by atoms with Gasteiger partial charge < -0.3 is 15.4 Å². The van der Waals surface area contributed by atoms with Crippen molar-refractivity contribution in [1.82, 2.24) is 5.32 Å². The number of carbonyl (C=O) groups is 2. The summed E-state index contributed by atoms with van der Waals surface area (Å²) in [6.07, 6.45) is 2.37. The van der Waals surface area contributed by atoms with Gasteiger partial charge in [0.15, 0.2) is 0 Å². The maximum Gasteiger partial charge on any atom is 0.313 e. The van der Waals surface area contributed by atoms with Gasteiger partial charge in [0.1, 0.15) is 0 Å². The molecule has 2 aromatic rings. The maximum absolute atomic E-state index is 12.2.